The van der Waals surface area contributed by atoms with E-state index in [4.69, 9.17) is 23.8 Å². The predicted octanol–water partition coefficient (Wildman–Crippen LogP) is 5.70. The van der Waals surface area contributed by atoms with Crippen molar-refractivity contribution in [3.05, 3.63) is 53.6 Å². The van der Waals surface area contributed by atoms with Crippen molar-refractivity contribution in [1.82, 2.24) is 10.2 Å². The number of nitrogens with one attached hydrogen (secondary N) is 1. The predicted molar refractivity (Wildman–Crippen MR) is 182 cm³/mol. The average Bonchev–Trinajstić information content (AvgIpc) is 3.37. The molecule has 0 bridgehead atoms. The SMILES string of the molecule is COC(=O)N[C@H](C(=O)N1[C@H](C2=Nc3ccc4cc5c(cc4c3C2)OCc2cc(B3OC(C)(C)C(C)(C)O3)ccc2-5)C[C@@H]2C[C@@H]21)C(C)C. The Morgan fingerprint density at radius 3 is 2.51 bits per heavy atom. The van der Waals surface area contributed by atoms with Gasteiger partial charge in [-0.05, 0) is 103 Å². The van der Waals surface area contributed by atoms with Gasteiger partial charge in [0.25, 0.3) is 0 Å². The fourth-order valence-electron chi connectivity index (χ4n) is 7.80. The van der Waals surface area contributed by atoms with E-state index < -0.39 is 30.5 Å². The summed E-state index contributed by atoms with van der Waals surface area (Å²) in [6, 6.07) is 14.5. The maximum absolute atomic E-state index is 13.9. The number of amides is 2. The van der Waals surface area contributed by atoms with Crippen molar-refractivity contribution in [3.63, 3.8) is 0 Å². The molecule has 4 atom stereocenters. The molecule has 2 amide bonds. The number of ether oxygens (including phenoxy) is 2. The van der Waals surface area contributed by atoms with Crippen LogP contribution in [0.2, 0.25) is 0 Å². The van der Waals surface area contributed by atoms with Crippen LogP contribution in [0.5, 0.6) is 5.75 Å². The van der Waals surface area contributed by atoms with Gasteiger partial charge < -0.3 is 29.0 Å². The molecule has 5 aliphatic rings. The van der Waals surface area contributed by atoms with Gasteiger partial charge in [-0.1, -0.05) is 38.1 Å². The van der Waals surface area contributed by atoms with Crippen LogP contribution in [0, 0.1) is 11.8 Å². The molecule has 3 fully saturated rings. The van der Waals surface area contributed by atoms with Crippen LogP contribution in [-0.2, 0) is 31.9 Å². The molecular formula is C37H42BN3O6. The number of rotatable bonds is 5. The number of carbonyl (C=O) groups is 2. The second-order valence-electron chi connectivity index (χ2n) is 15.1. The summed E-state index contributed by atoms with van der Waals surface area (Å²) in [5, 5.41) is 5.04. The molecule has 1 saturated carbocycles. The first-order valence-electron chi connectivity index (χ1n) is 16.8. The molecule has 10 heteroatoms. The fourth-order valence-corrected chi connectivity index (χ4v) is 7.80. The molecule has 244 valence electrons. The second-order valence-corrected chi connectivity index (χ2v) is 15.1. The highest BCUT2D eigenvalue weighted by molar-refractivity contribution is 6.62. The molecule has 47 heavy (non-hydrogen) atoms. The lowest BCUT2D eigenvalue weighted by molar-refractivity contribution is -0.135. The lowest BCUT2D eigenvalue weighted by atomic mass is 9.77. The number of fused-ring (bicyclic) bond motifs is 7. The Bertz CT molecular complexity index is 1850. The third kappa shape index (κ3) is 4.86. The number of hydrogen-bond acceptors (Lipinski definition) is 7. The van der Waals surface area contributed by atoms with E-state index >= 15 is 0 Å². The topological polar surface area (TPSA) is 98.7 Å². The molecule has 3 aromatic carbocycles. The lowest BCUT2D eigenvalue weighted by Crippen LogP contribution is -2.55. The third-order valence-electron chi connectivity index (χ3n) is 11.3. The lowest BCUT2D eigenvalue weighted by Gasteiger charge is -2.33. The Hall–Kier alpha value is -3.89. The summed E-state index contributed by atoms with van der Waals surface area (Å²) in [5.74, 6) is 1.23. The summed E-state index contributed by atoms with van der Waals surface area (Å²) in [6.07, 6.45) is 2.02. The van der Waals surface area contributed by atoms with E-state index in [0.717, 1.165) is 62.9 Å². The smallest absolute Gasteiger partial charge is 0.488 e. The first-order chi connectivity index (χ1) is 22.3. The third-order valence-corrected chi connectivity index (χ3v) is 11.3. The van der Waals surface area contributed by atoms with E-state index in [9.17, 15) is 9.59 Å². The van der Waals surface area contributed by atoms with Gasteiger partial charge in [0.2, 0.25) is 5.91 Å². The summed E-state index contributed by atoms with van der Waals surface area (Å²) >= 11 is 0. The summed E-state index contributed by atoms with van der Waals surface area (Å²) in [7, 11) is 0.902. The zero-order valence-corrected chi connectivity index (χ0v) is 28.2. The van der Waals surface area contributed by atoms with Gasteiger partial charge in [-0.3, -0.25) is 9.79 Å². The van der Waals surface area contributed by atoms with Gasteiger partial charge >= 0.3 is 13.2 Å². The molecule has 0 unspecified atom stereocenters. The highest BCUT2D eigenvalue weighted by atomic mass is 16.7. The van der Waals surface area contributed by atoms with E-state index in [1.165, 1.54) is 12.7 Å². The van der Waals surface area contributed by atoms with Crippen LogP contribution in [0.3, 0.4) is 0 Å². The van der Waals surface area contributed by atoms with Crippen LogP contribution in [-0.4, -0.2) is 66.2 Å². The summed E-state index contributed by atoms with van der Waals surface area (Å²) in [5.41, 5.74) is 6.69. The quantitative estimate of drug-likeness (QED) is 0.362. The molecule has 2 saturated heterocycles. The van der Waals surface area contributed by atoms with Gasteiger partial charge in [0.1, 0.15) is 18.4 Å². The summed E-state index contributed by atoms with van der Waals surface area (Å²) in [4.78, 5) is 33.1. The Morgan fingerprint density at radius 1 is 1.02 bits per heavy atom. The molecule has 4 aliphatic heterocycles. The minimum Gasteiger partial charge on any atom is -0.488 e. The summed E-state index contributed by atoms with van der Waals surface area (Å²) < 4.78 is 23.8. The van der Waals surface area contributed by atoms with Crippen molar-refractivity contribution in [2.75, 3.05) is 7.11 Å². The van der Waals surface area contributed by atoms with Crippen LogP contribution < -0.4 is 15.5 Å². The molecular weight excluding hydrogens is 593 g/mol. The largest absolute Gasteiger partial charge is 0.494 e. The highest BCUT2D eigenvalue weighted by Gasteiger charge is 2.57. The fraction of sp³-hybridized carbons (Fsp3) is 0.486. The first-order valence-corrected chi connectivity index (χ1v) is 16.8. The zero-order valence-electron chi connectivity index (χ0n) is 28.2. The van der Waals surface area contributed by atoms with E-state index in [-0.39, 0.29) is 23.9 Å². The van der Waals surface area contributed by atoms with E-state index in [1.807, 2.05) is 18.7 Å². The van der Waals surface area contributed by atoms with Gasteiger partial charge in [-0.15, -0.1) is 0 Å². The second kappa shape index (κ2) is 10.6. The standard InChI is InChI=1S/C37H42BN3O6/c1-19(2)33(40-35(43)44-7)34(42)41-30-14-21(30)15-31(41)29-16-26-25-17-32-27(13-20(25)8-11-28(26)39-29)24-10-9-23(12-22(24)18-45-32)38-46-36(3,4)37(5,6)47-38/h8-13,17,19,21,30-31,33H,14-16,18H2,1-7H3,(H,40,43)/t21-,30-,31-,33-/m0/s1. The average molecular weight is 636 g/mol. The Kier molecular flexibility index (Phi) is 6.84. The number of methoxy groups -OCH3 is 1. The van der Waals surface area contributed by atoms with E-state index in [1.54, 1.807) is 0 Å². The normalized spacial score (nSPS) is 25.0. The van der Waals surface area contributed by atoms with Crippen molar-refractivity contribution < 1.29 is 28.4 Å². The monoisotopic (exact) mass is 635 g/mol. The van der Waals surface area contributed by atoms with Crippen LogP contribution in [0.4, 0.5) is 10.5 Å². The number of hydrogen-bond donors (Lipinski definition) is 1. The first kappa shape index (κ1) is 30.4. The molecule has 1 aliphatic carbocycles. The van der Waals surface area contributed by atoms with Crippen LogP contribution >= 0.6 is 0 Å². The van der Waals surface area contributed by atoms with Crippen molar-refractivity contribution in [1.29, 1.82) is 0 Å². The molecule has 4 heterocycles. The molecule has 9 nitrogen and oxygen atoms in total. The molecule has 0 radical (unpaired) electrons. The number of carbonyl (C=O) groups excluding carboxylic acids is 2. The Balaban J connectivity index is 1.06. The number of alkyl carbamates (subject to hydrolysis) is 1. The minimum atomic E-state index is -0.644. The number of benzene rings is 3. The van der Waals surface area contributed by atoms with Gasteiger partial charge in [-0.2, -0.15) is 0 Å². The Morgan fingerprint density at radius 2 is 1.79 bits per heavy atom. The molecule has 0 aromatic heterocycles. The van der Waals surface area contributed by atoms with Gasteiger partial charge in [-0.25, -0.2) is 4.79 Å². The number of piperidine rings is 1. The zero-order chi connectivity index (χ0) is 33.0. The maximum atomic E-state index is 13.9. The Labute approximate surface area is 276 Å². The molecule has 8 rings (SSSR count). The van der Waals surface area contributed by atoms with E-state index in [2.05, 4.69) is 75.5 Å². The van der Waals surface area contributed by atoms with Crippen molar-refractivity contribution in [3.8, 4) is 16.9 Å². The maximum Gasteiger partial charge on any atom is 0.494 e. The highest BCUT2D eigenvalue weighted by Crippen LogP contribution is 2.51. The van der Waals surface area contributed by atoms with Gasteiger partial charge in [0, 0.05) is 23.7 Å². The van der Waals surface area contributed by atoms with Crippen molar-refractivity contribution in [2.45, 2.75) is 96.7 Å². The van der Waals surface area contributed by atoms with Crippen LogP contribution in [0.1, 0.15) is 65.5 Å². The summed E-state index contributed by atoms with van der Waals surface area (Å²) in [6.45, 7) is 12.6. The minimum absolute atomic E-state index is 0.0494. The van der Waals surface area contributed by atoms with Gasteiger partial charge in [0.05, 0.1) is 30.0 Å². The molecule has 1 N–H and O–H groups in total. The van der Waals surface area contributed by atoms with Crippen LogP contribution in [0.15, 0.2) is 47.5 Å². The van der Waals surface area contributed by atoms with Crippen molar-refractivity contribution in [2.24, 2.45) is 16.8 Å². The number of aliphatic imine (C=N–C) groups is 1. The molecule has 0 spiro atoms. The number of likely N-dealkylation sites (tertiary alicyclic amines) is 1. The molecule has 3 aromatic rings. The van der Waals surface area contributed by atoms with E-state index in [0.29, 0.717) is 18.9 Å². The van der Waals surface area contributed by atoms with Crippen LogP contribution in [0.25, 0.3) is 21.9 Å². The number of nitrogens with zero attached hydrogens (tertiary/aromatic N) is 2. The van der Waals surface area contributed by atoms with Crippen molar-refractivity contribution >= 4 is 46.8 Å². The van der Waals surface area contributed by atoms with Gasteiger partial charge in [0.15, 0.2) is 0 Å².